The first-order valence-electron chi connectivity index (χ1n) is 8.55. The van der Waals surface area contributed by atoms with E-state index in [1.807, 2.05) is 13.8 Å². The van der Waals surface area contributed by atoms with Crippen molar-refractivity contribution in [2.45, 2.75) is 65.7 Å². The first-order chi connectivity index (χ1) is 10.5. The van der Waals surface area contributed by atoms with Crippen LogP contribution in [0.1, 0.15) is 84.5 Å². The molecule has 2 N–H and O–H groups in total. The third kappa shape index (κ3) is 3.79. The van der Waals surface area contributed by atoms with Crippen LogP contribution >= 0.6 is 0 Å². The molecule has 1 saturated carbocycles. The summed E-state index contributed by atoms with van der Waals surface area (Å²) >= 11 is 0. The van der Waals surface area contributed by atoms with Gasteiger partial charge in [0.05, 0.1) is 0 Å². The van der Waals surface area contributed by atoms with E-state index < -0.39 is 0 Å². The van der Waals surface area contributed by atoms with Crippen LogP contribution in [0.3, 0.4) is 0 Å². The molecule has 2 rings (SSSR count). The highest BCUT2D eigenvalue weighted by molar-refractivity contribution is 6.02. The highest BCUT2D eigenvalue weighted by Gasteiger charge is 2.21. The normalized spacial score (nSPS) is 15.2. The van der Waals surface area contributed by atoms with Crippen molar-refractivity contribution < 1.29 is 9.59 Å². The largest absolute Gasteiger partial charge is 0.354 e. The molecule has 0 aliphatic heterocycles. The van der Waals surface area contributed by atoms with Crippen molar-refractivity contribution in [3.8, 4) is 0 Å². The molecule has 1 aliphatic rings. The molecule has 1 aromatic rings. The van der Waals surface area contributed by atoms with Crippen LogP contribution < -0.4 is 5.32 Å². The summed E-state index contributed by atoms with van der Waals surface area (Å²) in [4.78, 5) is 27.2. The molecular weight excluding hydrogens is 276 g/mol. The zero-order valence-electron chi connectivity index (χ0n) is 14.1. The molecule has 0 bridgehead atoms. The number of aryl methyl sites for hydroxylation is 1. The summed E-state index contributed by atoms with van der Waals surface area (Å²) in [6.07, 6.45) is 8.38. The second-order valence-corrected chi connectivity index (χ2v) is 6.44. The number of Topliss-reactive ketones (excluding diaryl/α,β-unsaturated/α-hetero) is 1. The van der Waals surface area contributed by atoms with Gasteiger partial charge in [0, 0.05) is 17.8 Å². The minimum absolute atomic E-state index is 0.0193. The highest BCUT2D eigenvalue weighted by Crippen LogP contribution is 2.28. The van der Waals surface area contributed by atoms with Crippen LogP contribution in [-0.2, 0) is 6.42 Å². The van der Waals surface area contributed by atoms with Crippen LogP contribution in [-0.4, -0.2) is 23.2 Å². The lowest BCUT2D eigenvalue weighted by Gasteiger charge is -2.09. The number of carbonyl (C=O) groups is 2. The molecule has 1 amide bonds. The molecule has 122 valence electrons. The van der Waals surface area contributed by atoms with E-state index in [9.17, 15) is 9.59 Å². The quantitative estimate of drug-likeness (QED) is 0.594. The molecule has 0 atom stereocenters. The predicted octanol–water partition coefficient (Wildman–Crippen LogP) is 3.79. The molecular formula is C18H28N2O2. The van der Waals surface area contributed by atoms with E-state index >= 15 is 0 Å². The summed E-state index contributed by atoms with van der Waals surface area (Å²) in [7, 11) is 0. The number of carbonyl (C=O) groups excluding carboxylic acids is 2. The van der Waals surface area contributed by atoms with Crippen LogP contribution in [0, 0.1) is 12.8 Å². The Kier molecular flexibility index (Phi) is 5.81. The summed E-state index contributed by atoms with van der Waals surface area (Å²) in [5, 5.41) is 3.00. The molecule has 1 aliphatic carbocycles. The lowest BCUT2D eigenvalue weighted by atomic mass is 10.0. The van der Waals surface area contributed by atoms with Crippen molar-refractivity contribution >= 4 is 11.7 Å². The average molecular weight is 304 g/mol. The Morgan fingerprint density at radius 3 is 2.55 bits per heavy atom. The van der Waals surface area contributed by atoms with Gasteiger partial charge in [0.25, 0.3) is 5.91 Å². The molecule has 1 heterocycles. The van der Waals surface area contributed by atoms with Crippen LogP contribution in [0.4, 0.5) is 0 Å². The standard InChI is InChI=1S/C18H28N2O2/c1-4-15-16(13(3)21)12(2)20-17(15)18(22)19-11-7-10-14-8-5-6-9-14/h14,20H,4-11H2,1-3H3,(H,19,22). The number of rotatable bonds is 7. The fourth-order valence-electron chi connectivity index (χ4n) is 3.68. The van der Waals surface area contributed by atoms with Gasteiger partial charge in [-0.25, -0.2) is 0 Å². The van der Waals surface area contributed by atoms with Crippen molar-refractivity contribution in [2.24, 2.45) is 5.92 Å². The Morgan fingerprint density at radius 1 is 1.27 bits per heavy atom. The zero-order valence-corrected chi connectivity index (χ0v) is 14.1. The Morgan fingerprint density at radius 2 is 1.95 bits per heavy atom. The van der Waals surface area contributed by atoms with E-state index in [0.29, 0.717) is 24.2 Å². The Hall–Kier alpha value is -1.58. The zero-order chi connectivity index (χ0) is 16.1. The van der Waals surface area contributed by atoms with Gasteiger partial charge in [-0.1, -0.05) is 32.6 Å². The van der Waals surface area contributed by atoms with Crippen molar-refractivity contribution in [2.75, 3.05) is 6.54 Å². The summed E-state index contributed by atoms with van der Waals surface area (Å²) < 4.78 is 0. The summed E-state index contributed by atoms with van der Waals surface area (Å²) in [6.45, 7) is 6.10. The van der Waals surface area contributed by atoms with Crippen molar-refractivity contribution in [3.05, 3.63) is 22.5 Å². The predicted molar refractivity (Wildman–Crippen MR) is 88.4 cm³/mol. The van der Waals surface area contributed by atoms with Crippen LogP contribution in [0.5, 0.6) is 0 Å². The third-order valence-electron chi connectivity index (χ3n) is 4.77. The number of nitrogens with one attached hydrogen (secondary N) is 2. The molecule has 1 fully saturated rings. The van der Waals surface area contributed by atoms with Gasteiger partial charge in [-0.2, -0.15) is 0 Å². The number of hydrogen-bond acceptors (Lipinski definition) is 2. The maximum absolute atomic E-state index is 12.4. The van der Waals surface area contributed by atoms with Crippen molar-refractivity contribution in [1.29, 1.82) is 0 Å². The molecule has 0 radical (unpaired) electrons. The van der Waals surface area contributed by atoms with Gasteiger partial charge in [0.1, 0.15) is 5.69 Å². The smallest absolute Gasteiger partial charge is 0.268 e. The summed E-state index contributed by atoms with van der Waals surface area (Å²) in [5.74, 6) is 0.796. The molecule has 0 aromatic carbocycles. The van der Waals surface area contributed by atoms with E-state index in [-0.39, 0.29) is 11.7 Å². The fraction of sp³-hybridized carbons (Fsp3) is 0.667. The number of aromatic amines is 1. The molecule has 0 unspecified atom stereocenters. The lowest BCUT2D eigenvalue weighted by Crippen LogP contribution is -2.26. The van der Waals surface area contributed by atoms with Gasteiger partial charge < -0.3 is 10.3 Å². The minimum atomic E-state index is -0.0844. The summed E-state index contributed by atoms with van der Waals surface area (Å²) in [6, 6.07) is 0. The molecule has 4 heteroatoms. The van der Waals surface area contributed by atoms with Gasteiger partial charge in [0.15, 0.2) is 5.78 Å². The van der Waals surface area contributed by atoms with Crippen LogP contribution in [0.15, 0.2) is 0 Å². The Balaban J connectivity index is 1.91. The maximum atomic E-state index is 12.4. The first kappa shape index (κ1) is 16.8. The van der Waals surface area contributed by atoms with Gasteiger partial charge in [0.2, 0.25) is 0 Å². The monoisotopic (exact) mass is 304 g/mol. The van der Waals surface area contributed by atoms with E-state index in [4.69, 9.17) is 0 Å². The highest BCUT2D eigenvalue weighted by atomic mass is 16.2. The van der Waals surface area contributed by atoms with E-state index in [0.717, 1.165) is 23.6 Å². The van der Waals surface area contributed by atoms with Gasteiger partial charge in [-0.15, -0.1) is 0 Å². The SMILES string of the molecule is CCc1c(C(=O)NCCCC2CCCC2)[nH]c(C)c1C(C)=O. The topological polar surface area (TPSA) is 62.0 Å². The molecule has 0 saturated heterocycles. The first-order valence-corrected chi connectivity index (χ1v) is 8.55. The Labute approximate surface area is 133 Å². The molecule has 1 aromatic heterocycles. The Bertz CT molecular complexity index is 540. The van der Waals surface area contributed by atoms with Gasteiger partial charge in [-0.05, 0) is 44.6 Å². The number of hydrogen-bond donors (Lipinski definition) is 2. The average Bonchev–Trinajstić information content (AvgIpc) is 3.10. The van der Waals surface area contributed by atoms with E-state index in [1.54, 1.807) is 6.92 Å². The molecule has 22 heavy (non-hydrogen) atoms. The van der Waals surface area contributed by atoms with E-state index in [2.05, 4.69) is 10.3 Å². The fourth-order valence-corrected chi connectivity index (χ4v) is 3.68. The summed E-state index contributed by atoms with van der Waals surface area (Å²) in [5.41, 5.74) is 2.88. The second kappa shape index (κ2) is 7.61. The number of amides is 1. The van der Waals surface area contributed by atoms with Gasteiger partial charge >= 0.3 is 0 Å². The number of ketones is 1. The maximum Gasteiger partial charge on any atom is 0.268 e. The second-order valence-electron chi connectivity index (χ2n) is 6.44. The molecule has 0 spiro atoms. The minimum Gasteiger partial charge on any atom is -0.354 e. The van der Waals surface area contributed by atoms with Crippen LogP contribution in [0.2, 0.25) is 0 Å². The third-order valence-corrected chi connectivity index (χ3v) is 4.77. The van der Waals surface area contributed by atoms with Gasteiger partial charge in [-0.3, -0.25) is 9.59 Å². The molecule has 4 nitrogen and oxygen atoms in total. The lowest BCUT2D eigenvalue weighted by molar-refractivity contribution is 0.0947. The number of aromatic nitrogens is 1. The number of H-pyrrole nitrogens is 1. The van der Waals surface area contributed by atoms with Crippen molar-refractivity contribution in [3.63, 3.8) is 0 Å². The van der Waals surface area contributed by atoms with E-state index in [1.165, 1.54) is 32.1 Å². The van der Waals surface area contributed by atoms with Crippen LogP contribution in [0.25, 0.3) is 0 Å². The van der Waals surface area contributed by atoms with Crippen molar-refractivity contribution in [1.82, 2.24) is 10.3 Å².